The SMILES string of the molecule is CNCc1cc(Br)c(OCCS(=O)(=O)C(C)(C)C)c(Br)c1. The molecule has 0 unspecified atom stereocenters. The van der Waals surface area contributed by atoms with Crippen molar-refractivity contribution in [3.63, 3.8) is 0 Å². The fraction of sp³-hybridized carbons (Fsp3) is 0.571. The minimum Gasteiger partial charge on any atom is -0.490 e. The standard InChI is InChI=1S/C14H21Br2NO3S/c1-14(2,3)21(18,19)6-5-20-13-11(15)7-10(9-17-4)8-12(13)16/h7-8,17H,5-6,9H2,1-4H3. The second-order valence-corrected chi connectivity index (χ2v) is 10.3. The number of hydrogen-bond acceptors (Lipinski definition) is 4. The van der Waals surface area contributed by atoms with Crippen LogP contribution >= 0.6 is 31.9 Å². The Bertz CT molecular complexity index is 572. The van der Waals surface area contributed by atoms with Gasteiger partial charge in [-0.25, -0.2) is 8.42 Å². The highest BCUT2D eigenvalue weighted by atomic mass is 79.9. The summed E-state index contributed by atoms with van der Waals surface area (Å²) in [6.07, 6.45) is 0. The summed E-state index contributed by atoms with van der Waals surface area (Å²) < 4.78 is 30.6. The van der Waals surface area contributed by atoms with Crippen LogP contribution in [0, 0.1) is 0 Å². The minimum atomic E-state index is -3.18. The molecule has 4 nitrogen and oxygen atoms in total. The molecule has 0 atom stereocenters. The van der Waals surface area contributed by atoms with Gasteiger partial charge in [0.05, 0.1) is 19.4 Å². The molecule has 120 valence electrons. The molecule has 21 heavy (non-hydrogen) atoms. The van der Waals surface area contributed by atoms with Crippen molar-refractivity contribution in [1.82, 2.24) is 5.32 Å². The Labute approximate surface area is 143 Å². The summed E-state index contributed by atoms with van der Waals surface area (Å²) in [5.41, 5.74) is 1.10. The number of sulfone groups is 1. The van der Waals surface area contributed by atoms with Crippen molar-refractivity contribution in [2.45, 2.75) is 32.1 Å². The van der Waals surface area contributed by atoms with E-state index in [2.05, 4.69) is 37.2 Å². The summed E-state index contributed by atoms with van der Waals surface area (Å²) in [6.45, 7) is 5.96. The van der Waals surface area contributed by atoms with Gasteiger partial charge in [0.2, 0.25) is 0 Å². The van der Waals surface area contributed by atoms with E-state index in [0.717, 1.165) is 21.1 Å². The number of rotatable bonds is 6. The van der Waals surface area contributed by atoms with Crippen LogP contribution in [0.2, 0.25) is 0 Å². The van der Waals surface area contributed by atoms with Gasteiger partial charge >= 0.3 is 0 Å². The van der Waals surface area contributed by atoms with Crippen LogP contribution in [-0.2, 0) is 16.4 Å². The van der Waals surface area contributed by atoms with Gasteiger partial charge in [0.25, 0.3) is 0 Å². The molecule has 0 aliphatic heterocycles. The van der Waals surface area contributed by atoms with Gasteiger partial charge in [0.1, 0.15) is 12.4 Å². The maximum Gasteiger partial charge on any atom is 0.158 e. The van der Waals surface area contributed by atoms with Crippen LogP contribution in [0.3, 0.4) is 0 Å². The molecule has 0 heterocycles. The Morgan fingerprint density at radius 1 is 1.19 bits per heavy atom. The lowest BCUT2D eigenvalue weighted by atomic mass is 10.2. The highest BCUT2D eigenvalue weighted by molar-refractivity contribution is 9.11. The van der Waals surface area contributed by atoms with Gasteiger partial charge in [-0.1, -0.05) is 0 Å². The lowest BCUT2D eigenvalue weighted by Crippen LogP contribution is -2.32. The van der Waals surface area contributed by atoms with Gasteiger partial charge < -0.3 is 10.1 Å². The summed E-state index contributed by atoms with van der Waals surface area (Å²) in [5, 5.41) is 3.08. The molecule has 0 radical (unpaired) electrons. The predicted molar refractivity (Wildman–Crippen MR) is 93.6 cm³/mol. The second kappa shape index (κ2) is 7.44. The van der Waals surface area contributed by atoms with Crippen LogP contribution in [-0.4, -0.2) is 32.6 Å². The van der Waals surface area contributed by atoms with Crippen LogP contribution in [0.5, 0.6) is 5.75 Å². The molecule has 0 aliphatic carbocycles. The summed E-state index contributed by atoms with van der Waals surface area (Å²) in [7, 11) is -1.30. The number of ether oxygens (including phenoxy) is 1. The van der Waals surface area contributed by atoms with Crippen molar-refractivity contribution in [3.05, 3.63) is 26.6 Å². The fourth-order valence-corrected chi connectivity index (χ4v) is 4.04. The van der Waals surface area contributed by atoms with E-state index in [1.54, 1.807) is 20.8 Å². The van der Waals surface area contributed by atoms with Crippen LogP contribution in [0.4, 0.5) is 0 Å². The monoisotopic (exact) mass is 441 g/mol. The maximum absolute atomic E-state index is 12.0. The Morgan fingerprint density at radius 2 is 1.71 bits per heavy atom. The average Bonchev–Trinajstić information content (AvgIpc) is 2.31. The third-order valence-corrected chi connectivity index (χ3v) is 6.72. The highest BCUT2D eigenvalue weighted by Crippen LogP contribution is 2.35. The van der Waals surface area contributed by atoms with E-state index in [-0.39, 0.29) is 12.4 Å². The third-order valence-electron chi connectivity index (χ3n) is 2.97. The lowest BCUT2D eigenvalue weighted by Gasteiger charge is -2.19. The molecule has 0 amide bonds. The first kappa shape index (κ1) is 18.9. The molecule has 0 aromatic heterocycles. The Balaban J connectivity index is 2.77. The van der Waals surface area contributed by atoms with Gasteiger partial charge in [0, 0.05) is 6.54 Å². The number of hydrogen-bond donors (Lipinski definition) is 1. The van der Waals surface area contributed by atoms with Crippen molar-refractivity contribution in [3.8, 4) is 5.75 Å². The molecular weight excluding hydrogens is 422 g/mol. The van der Waals surface area contributed by atoms with Crippen molar-refractivity contribution in [2.75, 3.05) is 19.4 Å². The molecular formula is C14H21Br2NO3S. The van der Waals surface area contributed by atoms with Crippen molar-refractivity contribution >= 4 is 41.7 Å². The van der Waals surface area contributed by atoms with E-state index in [1.165, 1.54) is 0 Å². The highest BCUT2D eigenvalue weighted by Gasteiger charge is 2.28. The molecule has 1 aromatic rings. The molecule has 1 rings (SSSR count). The summed E-state index contributed by atoms with van der Waals surface area (Å²) >= 11 is 6.91. The number of benzene rings is 1. The average molecular weight is 443 g/mol. The first-order valence-corrected chi connectivity index (χ1v) is 9.80. The smallest absolute Gasteiger partial charge is 0.158 e. The molecule has 7 heteroatoms. The third kappa shape index (κ3) is 5.23. The number of nitrogens with one attached hydrogen (secondary N) is 1. The van der Waals surface area contributed by atoms with Gasteiger partial charge in [-0.3, -0.25) is 0 Å². The number of halogens is 2. The summed E-state index contributed by atoms with van der Waals surface area (Å²) in [5.74, 6) is 0.618. The molecule has 0 bridgehead atoms. The summed E-state index contributed by atoms with van der Waals surface area (Å²) in [6, 6.07) is 3.91. The first-order valence-electron chi connectivity index (χ1n) is 6.56. The molecule has 0 saturated carbocycles. The normalized spacial score (nSPS) is 12.5. The van der Waals surface area contributed by atoms with E-state index >= 15 is 0 Å². The maximum atomic E-state index is 12.0. The van der Waals surface area contributed by atoms with Crippen LogP contribution in [0.25, 0.3) is 0 Å². The van der Waals surface area contributed by atoms with E-state index in [9.17, 15) is 8.42 Å². The second-order valence-electron chi connectivity index (χ2n) is 5.70. The van der Waals surface area contributed by atoms with Crippen LogP contribution < -0.4 is 10.1 Å². The molecule has 0 saturated heterocycles. The first-order chi connectivity index (χ1) is 9.58. The molecule has 0 aliphatic rings. The van der Waals surface area contributed by atoms with Crippen LogP contribution in [0.1, 0.15) is 26.3 Å². The Kier molecular flexibility index (Phi) is 6.71. The molecule has 0 spiro atoms. The minimum absolute atomic E-state index is 0.00630. The fourth-order valence-electron chi connectivity index (χ4n) is 1.62. The van der Waals surface area contributed by atoms with Gasteiger partial charge in [-0.15, -0.1) is 0 Å². The zero-order valence-corrected chi connectivity index (χ0v) is 16.7. The molecule has 0 fully saturated rings. The van der Waals surface area contributed by atoms with Gasteiger partial charge in [-0.2, -0.15) is 0 Å². The van der Waals surface area contributed by atoms with E-state index in [0.29, 0.717) is 5.75 Å². The van der Waals surface area contributed by atoms with E-state index < -0.39 is 14.6 Å². The van der Waals surface area contributed by atoms with Crippen molar-refractivity contribution in [1.29, 1.82) is 0 Å². The zero-order chi connectivity index (χ0) is 16.3. The van der Waals surface area contributed by atoms with Crippen molar-refractivity contribution < 1.29 is 13.2 Å². The van der Waals surface area contributed by atoms with Crippen molar-refractivity contribution in [2.24, 2.45) is 0 Å². The summed E-state index contributed by atoms with van der Waals surface area (Å²) in [4.78, 5) is 0. The molecule has 1 N–H and O–H groups in total. The predicted octanol–water partition coefficient (Wildman–Crippen LogP) is 3.52. The Hall–Kier alpha value is -0.110. The lowest BCUT2D eigenvalue weighted by molar-refractivity contribution is 0.335. The van der Waals surface area contributed by atoms with E-state index in [4.69, 9.17) is 4.74 Å². The largest absolute Gasteiger partial charge is 0.490 e. The van der Waals surface area contributed by atoms with Gasteiger partial charge in [0.15, 0.2) is 9.84 Å². The zero-order valence-electron chi connectivity index (χ0n) is 12.7. The van der Waals surface area contributed by atoms with E-state index in [1.807, 2.05) is 19.2 Å². The van der Waals surface area contributed by atoms with Gasteiger partial charge in [-0.05, 0) is 77.4 Å². The van der Waals surface area contributed by atoms with Crippen LogP contribution in [0.15, 0.2) is 21.1 Å². The molecule has 1 aromatic carbocycles. The Morgan fingerprint density at radius 3 is 2.14 bits per heavy atom. The topological polar surface area (TPSA) is 55.4 Å². The quantitative estimate of drug-likeness (QED) is 0.732.